The summed E-state index contributed by atoms with van der Waals surface area (Å²) >= 11 is 0. The zero-order valence-corrected chi connectivity index (χ0v) is 19.2. The SMILES string of the molecule is CC(=O)N(CCc1noc(CC(C)C)n1)C1CCCN(C(=O)Cc2c(C)noc2C)C1. The van der Waals surface area contributed by atoms with Gasteiger partial charge in [-0.3, -0.25) is 9.59 Å². The second-order valence-corrected chi connectivity index (χ2v) is 8.78. The zero-order chi connectivity index (χ0) is 22.5. The maximum Gasteiger partial charge on any atom is 0.227 e. The summed E-state index contributed by atoms with van der Waals surface area (Å²) in [5.74, 6) is 2.41. The summed E-state index contributed by atoms with van der Waals surface area (Å²) in [6.45, 7) is 11.2. The normalized spacial score (nSPS) is 16.7. The van der Waals surface area contributed by atoms with Crippen molar-refractivity contribution in [3.05, 3.63) is 28.7 Å². The first-order valence-electron chi connectivity index (χ1n) is 11.0. The van der Waals surface area contributed by atoms with Crippen LogP contribution in [-0.4, -0.2) is 62.6 Å². The van der Waals surface area contributed by atoms with Crippen LogP contribution in [0.2, 0.25) is 0 Å². The van der Waals surface area contributed by atoms with Crippen LogP contribution in [0, 0.1) is 19.8 Å². The molecule has 1 unspecified atom stereocenters. The first-order valence-corrected chi connectivity index (χ1v) is 11.0. The Bertz CT molecular complexity index is 884. The maximum atomic E-state index is 12.9. The van der Waals surface area contributed by atoms with E-state index in [1.165, 1.54) is 0 Å². The zero-order valence-electron chi connectivity index (χ0n) is 19.2. The van der Waals surface area contributed by atoms with Crippen LogP contribution in [-0.2, 0) is 28.9 Å². The van der Waals surface area contributed by atoms with Crippen LogP contribution < -0.4 is 0 Å². The topological polar surface area (TPSA) is 106 Å². The highest BCUT2D eigenvalue weighted by Gasteiger charge is 2.30. The maximum absolute atomic E-state index is 12.9. The fraction of sp³-hybridized carbons (Fsp3) is 0.682. The summed E-state index contributed by atoms with van der Waals surface area (Å²) in [6, 6.07) is -0.0121. The molecule has 1 atom stereocenters. The van der Waals surface area contributed by atoms with Crippen molar-refractivity contribution in [1.29, 1.82) is 0 Å². The van der Waals surface area contributed by atoms with Gasteiger partial charge in [0, 0.05) is 51.0 Å². The fourth-order valence-corrected chi connectivity index (χ4v) is 4.09. The highest BCUT2D eigenvalue weighted by molar-refractivity contribution is 5.79. The van der Waals surface area contributed by atoms with Gasteiger partial charge >= 0.3 is 0 Å². The Kier molecular flexibility index (Phi) is 7.46. The molecule has 170 valence electrons. The molecule has 0 saturated carbocycles. The van der Waals surface area contributed by atoms with Gasteiger partial charge < -0.3 is 18.8 Å². The van der Waals surface area contributed by atoms with E-state index in [9.17, 15) is 9.59 Å². The smallest absolute Gasteiger partial charge is 0.227 e. The van der Waals surface area contributed by atoms with Gasteiger partial charge in [0.2, 0.25) is 17.7 Å². The lowest BCUT2D eigenvalue weighted by Gasteiger charge is -2.39. The molecule has 0 aromatic carbocycles. The van der Waals surface area contributed by atoms with Crippen molar-refractivity contribution < 1.29 is 18.6 Å². The van der Waals surface area contributed by atoms with Crippen molar-refractivity contribution in [3.8, 4) is 0 Å². The number of piperidine rings is 1. The standard InChI is InChI=1S/C22H33N5O4/c1-14(2)11-21-23-20(25-31-21)8-10-27(17(5)28)18-7-6-9-26(13-18)22(29)12-19-15(3)24-30-16(19)4/h14,18H,6-13H2,1-5H3. The average molecular weight is 432 g/mol. The van der Waals surface area contributed by atoms with Crippen LogP contribution in [0.15, 0.2) is 9.05 Å². The molecule has 1 fully saturated rings. The third-order valence-corrected chi connectivity index (χ3v) is 5.77. The van der Waals surface area contributed by atoms with Crippen molar-refractivity contribution in [1.82, 2.24) is 25.1 Å². The lowest BCUT2D eigenvalue weighted by atomic mass is 10.0. The lowest BCUT2D eigenvalue weighted by molar-refractivity contribution is -0.138. The third-order valence-electron chi connectivity index (χ3n) is 5.77. The number of aromatic nitrogens is 3. The number of hydrogen-bond acceptors (Lipinski definition) is 7. The third kappa shape index (κ3) is 5.92. The van der Waals surface area contributed by atoms with Gasteiger partial charge in [-0.25, -0.2) is 0 Å². The Morgan fingerprint density at radius 1 is 1.23 bits per heavy atom. The largest absolute Gasteiger partial charge is 0.361 e. The predicted molar refractivity (Wildman–Crippen MR) is 113 cm³/mol. The quantitative estimate of drug-likeness (QED) is 0.632. The van der Waals surface area contributed by atoms with Crippen molar-refractivity contribution in [3.63, 3.8) is 0 Å². The molecule has 1 saturated heterocycles. The van der Waals surface area contributed by atoms with Gasteiger partial charge in [0.25, 0.3) is 0 Å². The van der Waals surface area contributed by atoms with E-state index in [2.05, 4.69) is 29.1 Å². The van der Waals surface area contributed by atoms with E-state index in [4.69, 9.17) is 9.05 Å². The Morgan fingerprint density at radius 2 is 2.00 bits per heavy atom. The molecule has 1 aliphatic heterocycles. The molecular weight excluding hydrogens is 398 g/mol. The number of amides is 2. The van der Waals surface area contributed by atoms with E-state index >= 15 is 0 Å². The van der Waals surface area contributed by atoms with Crippen LogP contribution in [0.4, 0.5) is 0 Å². The van der Waals surface area contributed by atoms with Gasteiger partial charge in [0.1, 0.15) is 5.76 Å². The Balaban J connectivity index is 1.60. The molecule has 31 heavy (non-hydrogen) atoms. The molecule has 0 N–H and O–H groups in total. The molecule has 0 aliphatic carbocycles. The molecule has 2 amide bonds. The predicted octanol–water partition coefficient (Wildman–Crippen LogP) is 2.50. The van der Waals surface area contributed by atoms with E-state index in [-0.39, 0.29) is 24.3 Å². The number of carbonyl (C=O) groups is 2. The van der Waals surface area contributed by atoms with Crippen LogP contribution >= 0.6 is 0 Å². The van der Waals surface area contributed by atoms with Gasteiger partial charge in [-0.05, 0) is 32.6 Å². The highest BCUT2D eigenvalue weighted by Crippen LogP contribution is 2.20. The summed E-state index contributed by atoms with van der Waals surface area (Å²) in [6.07, 6.45) is 3.29. The molecule has 1 aliphatic rings. The summed E-state index contributed by atoms with van der Waals surface area (Å²) in [4.78, 5) is 33.4. The Labute approximate surface area is 183 Å². The minimum atomic E-state index is -0.0121. The van der Waals surface area contributed by atoms with Crippen LogP contribution in [0.25, 0.3) is 0 Å². The molecular formula is C22H33N5O4. The molecule has 9 heteroatoms. The molecule has 3 rings (SSSR count). The summed E-state index contributed by atoms with van der Waals surface area (Å²) in [5.41, 5.74) is 1.60. The Morgan fingerprint density at radius 3 is 2.65 bits per heavy atom. The second kappa shape index (κ2) is 10.1. The van der Waals surface area contributed by atoms with Gasteiger partial charge in [0.05, 0.1) is 12.1 Å². The number of nitrogens with zero attached hydrogens (tertiary/aromatic N) is 5. The number of carbonyl (C=O) groups excluding carboxylic acids is 2. The van der Waals surface area contributed by atoms with Crippen molar-refractivity contribution in [2.45, 2.75) is 72.8 Å². The van der Waals surface area contributed by atoms with E-state index in [0.29, 0.717) is 49.4 Å². The molecule has 0 bridgehead atoms. The molecule has 0 radical (unpaired) electrons. The van der Waals surface area contributed by atoms with Gasteiger partial charge in [-0.15, -0.1) is 0 Å². The van der Waals surface area contributed by atoms with Crippen molar-refractivity contribution >= 4 is 11.8 Å². The fourth-order valence-electron chi connectivity index (χ4n) is 4.09. The lowest BCUT2D eigenvalue weighted by Crippen LogP contribution is -2.52. The van der Waals surface area contributed by atoms with Crippen LogP contribution in [0.5, 0.6) is 0 Å². The number of likely N-dealkylation sites (tertiary alicyclic amines) is 1. The highest BCUT2D eigenvalue weighted by atomic mass is 16.5. The number of rotatable bonds is 8. The summed E-state index contributed by atoms with van der Waals surface area (Å²) in [5, 5.41) is 7.98. The average Bonchev–Trinajstić information content (AvgIpc) is 3.28. The van der Waals surface area contributed by atoms with Gasteiger partial charge in [0.15, 0.2) is 5.82 Å². The molecule has 3 heterocycles. The van der Waals surface area contributed by atoms with E-state index in [0.717, 1.165) is 30.5 Å². The second-order valence-electron chi connectivity index (χ2n) is 8.78. The van der Waals surface area contributed by atoms with Gasteiger partial charge in [-0.1, -0.05) is 24.2 Å². The molecule has 0 spiro atoms. The first-order chi connectivity index (χ1) is 14.7. The van der Waals surface area contributed by atoms with Gasteiger partial charge in [-0.2, -0.15) is 4.98 Å². The van der Waals surface area contributed by atoms with Crippen molar-refractivity contribution in [2.24, 2.45) is 5.92 Å². The van der Waals surface area contributed by atoms with Crippen LogP contribution in [0.3, 0.4) is 0 Å². The van der Waals surface area contributed by atoms with Crippen LogP contribution in [0.1, 0.15) is 62.3 Å². The van der Waals surface area contributed by atoms with Crippen molar-refractivity contribution in [2.75, 3.05) is 19.6 Å². The summed E-state index contributed by atoms with van der Waals surface area (Å²) in [7, 11) is 0. The molecule has 2 aromatic rings. The number of aryl methyl sites for hydroxylation is 2. The Hall–Kier alpha value is -2.71. The minimum absolute atomic E-state index is 0.00378. The first kappa shape index (κ1) is 23.0. The van der Waals surface area contributed by atoms with E-state index in [1.807, 2.05) is 23.6 Å². The van der Waals surface area contributed by atoms with E-state index in [1.54, 1.807) is 6.92 Å². The molecule has 9 nitrogen and oxygen atoms in total. The van der Waals surface area contributed by atoms with E-state index < -0.39 is 0 Å². The summed E-state index contributed by atoms with van der Waals surface area (Å²) < 4.78 is 10.5. The monoisotopic (exact) mass is 431 g/mol. The molecule has 2 aromatic heterocycles. The minimum Gasteiger partial charge on any atom is -0.361 e. The number of hydrogen-bond donors (Lipinski definition) is 0.